The lowest BCUT2D eigenvalue weighted by Crippen LogP contribution is -2.40. The molecular formula is C46H28N4O. The number of benzene rings is 8. The second-order valence-electron chi connectivity index (χ2n) is 13.0. The third-order valence-electron chi connectivity index (χ3n) is 10.1. The van der Waals surface area contributed by atoms with Crippen molar-refractivity contribution in [2.75, 3.05) is 10.0 Å². The van der Waals surface area contributed by atoms with Crippen LogP contribution in [0.5, 0.6) is 0 Å². The van der Waals surface area contributed by atoms with Gasteiger partial charge in [0.2, 0.25) is 0 Å². The second-order valence-corrected chi connectivity index (χ2v) is 13.0. The van der Waals surface area contributed by atoms with E-state index in [2.05, 4.69) is 162 Å². The molecule has 11 rings (SSSR count). The van der Waals surface area contributed by atoms with Crippen LogP contribution in [0.4, 0.5) is 23.0 Å². The highest BCUT2D eigenvalue weighted by Gasteiger charge is 2.38. The zero-order valence-electron chi connectivity index (χ0n) is 27.4. The Morgan fingerprint density at radius 1 is 0.451 bits per heavy atom. The summed E-state index contributed by atoms with van der Waals surface area (Å²) in [6.45, 7) is 0. The number of aromatic nitrogens is 2. The van der Waals surface area contributed by atoms with Crippen molar-refractivity contribution in [3.8, 4) is 22.4 Å². The van der Waals surface area contributed by atoms with E-state index in [4.69, 9.17) is 14.4 Å². The summed E-state index contributed by atoms with van der Waals surface area (Å²) in [6, 6.07) is 59.3. The lowest BCUT2D eigenvalue weighted by molar-refractivity contribution is 0.672. The van der Waals surface area contributed by atoms with Gasteiger partial charge in [-0.2, -0.15) is 0 Å². The Labute approximate surface area is 293 Å². The quantitative estimate of drug-likeness (QED) is 0.190. The topological polar surface area (TPSA) is 45.4 Å². The van der Waals surface area contributed by atoms with Crippen LogP contribution in [0.1, 0.15) is 0 Å². The molecule has 3 heterocycles. The van der Waals surface area contributed by atoms with Crippen molar-refractivity contribution >= 4 is 77.4 Å². The average molecular weight is 653 g/mol. The molecule has 0 saturated heterocycles. The molecule has 2 aromatic heterocycles. The van der Waals surface area contributed by atoms with E-state index < -0.39 is 0 Å². The van der Waals surface area contributed by atoms with Crippen LogP contribution in [-0.2, 0) is 0 Å². The Hall–Kier alpha value is -6.98. The summed E-state index contributed by atoms with van der Waals surface area (Å²) < 4.78 is 6.81. The second kappa shape index (κ2) is 10.8. The van der Waals surface area contributed by atoms with Crippen molar-refractivity contribution < 1.29 is 4.42 Å². The molecule has 5 heteroatoms. The number of para-hydroxylation sites is 3. The van der Waals surface area contributed by atoms with Crippen molar-refractivity contribution in [2.45, 2.75) is 0 Å². The highest BCUT2D eigenvalue weighted by Crippen LogP contribution is 2.58. The number of hydrogen-bond acceptors (Lipinski definition) is 5. The minimum Gasteiger partial charge on any atom is -0.455 e. The van der Waals surface area contributed by atoms with Crippen LogP contribution >= 0.6 is 0 Å². The Morgan fingerprint density at radius 2 is 1.10 bits per heavy atom. The van der Waals surface area contributed by atoms with Gasteiger partial charge in [0.25, 0.3) is 5.95 Å². The Kier molecular flexibility index (Phi) is 5.89. The van der Waals surface area contributed by atoms with Crippen LogP contribution in [0.2, 0.25) is 0 Å². The van der Waals surface area contributed by atoms with Gasteiger partial charge in [-0.3, -0.25) is 0 Å². The predicted octanol–water partition coefficient (Wildman–Crippen LogP) is 12.4. The number of hydrogen-bond donors (Lipinski definition) is 0. The van der Waals surface area contributed by atoms with E-state index in [9.17, 15) is 0 Å². The van der Waals surface area contributed by atoms with E-state index in [0.717, 1.165) is 83.1 Å². The van der Waals surface area contributed by atoms with E-state index in [0.29, 0.717) is 5.95 Å². The van der Waals surface area contributed by atoms with Crippen molar-refractivity contribution in [2.24, 2.45) is 0 Å². The van der Waals surface area contributed by atoms with E-state index in [1.807, 2.05) is 18.2 Å². The molecule has 0 saturated carbocycles. The first kappa shape index (κ1) is 27.9. The Morgan fingerprint density at radius 3 is 1.92 bits per heavy atom. The standard InChI is InChI=1S/C46H28N4O/c1-3-16-30(17-4-1)43-35-23-11-13-25-37(35)47-46(48-43)50-44-41(33-21-9-10-22-34(33)45-42(44)36-24-12-14-26-39(36)51-45)40-32-20-8-7-15-29(32)27-28-38(40)49(50)31-18-5-2-6-19-31/h1-28H. The van der Waals surface area contributed by atoms with Crippen molar-refractivity contribution in [1.82, 2.24) is 9.97 Å². The number of anilines is 4. The van der Waals surface area contributed by atoms with E-state index in [1.54, 1.807) is 0 Å². The van der Waals surface area contributed by atoms with Crippen LogP contribution in [-0.4, -0.2) is 9.97 Å². The van der Waals surface area contributed by atoms with E-state index in [1.165, 1.54) is 10.8 Å². The van der Waals surface area contributed by atoms with Gasteiger partial charge in [-0.1, -0.05) is 140 Å². The maximum Gasteiger partial charge on any atom is 0.251 e. The van der Waals surface area contributed by atoms with E-state index in [-0.39, 0.29) is 0 Å². The van der Waals surface area contributed by atoms with Gasteiger partial charge in [0.15, 0.2) is 0 Å². The molecule has 0 amide bonds. The number of nitrogens with zero attached hydrogens (tertiary/aromatic N) is 4. The van der Waals surface area contributed by atoms with Crippen LogP contribution in [0.15, 0.2) is 174 Å². The SMILES string of the molecule is c1ccc(-c2nc(N3c4c(c5ccccc5c5oc6ccccc6c45)-c4c(ccc5ccccc45)N3c3ccccc3)nc3ccccc23)cc1. The van der Waals surface area contributed by atoms with Gasteiger partial charge in [0.1, 0.15) is 11.2 Å². The highest BCUT2D eigenvalue weighted by molar-refractivity contribution is 6.30. The summed E-state index contributed by atoms with van der Waals surface area (Å²) in [5, 5.41) is 12.1. The molecule has 1 aliphatic rings. The molecule has 0 N–H and O–H groups in total. The maximum atomic E-state index is 6.81. The molecule has 0 aliphatic carbocycles. The maximum absolute atomic E-state index is 6.81. The molecule has 10 aromatic rings. The third-order valence-corrected chi connectivity index (χ3v) is 10.1. The minimum atomic E-state index is 0.568. The van der Waals surface area contributed by atoms with Gasteiger partial charge < -0.3 is 4.42 Å². The van der Waals surface area contributed by atoms with Crippen LogP contribution in [0.3, 0.4) is 0 Å². The molecule has 0 fully saturated rings. The number of furan rings is 1. The van der Waals surface area contributed by atoms with Gasteiger partial charge in [0.05, 0.1) is 33.7 Å². The van der Waals surface area contributed by atoms with Crippen LogP contribution in [0, 0.1) is 0 Å². The van der Waals surface area contributed by atoms with Crippen molar-refractivity contribution in [3.63, 3.8) is 0 Å². The average Bonchev–Trinajstić information content (AvgIpc) is 3.60. The first-order valence-electron chi connectivity index (χ1n) is 17.2. The number of fused-ring (bicyclic) bond motifs is 13. The molecule has 1 aliphatic heterocycles. The summed E-state index contributed by atoms with van der Waals surface area (Å²) in [7, 11) is 0. The Bertz CT molecular complexity index is 2990. The predicted molar refractivity (Wildman–Crippen MR) is 210 cm³/mol. The summed E-state index contributed by atoms with van der Waals surface area (Å²) >= 11 is 0. The van der Waals surface area contributed by atoms with Crippen molar-refractivity contribution in [1.29, 1.82) is 0 Å². The highest BCUT2D eigenvalue weighted by atomic mass is 16.3. The smallest absolute Gasteiger partial charge is 0.251 e. The zero-order valence-corrected chi connectivity index (χ0v) is 27.4. The van der Waals surface area contributed by atoms with Gasteiger partial charge in [0, 0.05) is 32.8 Å². The number of rotatable bonds is 3. The third kappa shape index (κ3) is 4.03. The normalized spacial score (nSPS) is 12.6. The molecule has 8 aromatic carbocycles. The van der Waals surface area contributed by atoms with Gasteiger partial charge >= 0.3 is 0 Å². The molecule has 0 spiro atoms. The Balaban J connectivity index is 1.38. The zero-order chi connectivity index (χ0) is 33.5. The largest absolute Gasteiger partial charge is 0.455 e. The molecule has 0 unspecified atom stereocenters. The minimum absolute atomic E-state index is 0.568. The molecule has 5 nitrogen and oxygen atoms in total. The molecule has 0 atom stereocenters. The monoisotopic (exact) mass is 652 g/mol. The fourth-order valence-corrected chi connectivity index (χ4v) is 7.98. The molecule has 238 valence electrons. The number of hydrazine groups is 1. The first-order valence-corrected chi connectivity index (χ1v) is 17.2. The fraction of sp³-hybridized carbons (Fsp3) is 0. The first-order chi connectivity index (χ1) is 25.3. The summed E-state index contributed by atoms with van der Waals surface area (Å²) in [5.74, 6) is 0.568. The lowest BCUT2D eigenvalue weighted by atomic mass is 9.87. The van der Waals surface area contributed by atoms with Gasteiger partial charge in [-0.05, 0) is 46.5 Å². The summed E-state index contributed by atoms with van der Waals surface area (Å²) in [5.41, 5.74) is 9.77. The molecule has 0 bridgehead atoms. The van der Waals surface area contributed by atoms with Crippen LogP contribution in [0.25, 0.3) is 76.8 Å². The molecule has 0 radical (unpaired) electrons. The fourth-order valence-electron chi connectivity index (χ4n) is 7.98. The summed E-state index contributed by atoms with van der Waals surface area (Å²) in [4.78, 5) is 10.9. The summed E-state index contributed by atoms with van der Waals surface area (Å²) in [6.07, 6.45) is 0. The lowest BCUT2D eigenvalue weighted by Gasteiger charge is -2.43. The van der Waals surface area contributed by atoms with E-state index >= 15 is 0 Å². The van der Waals surface area contributed by atoms with Gasteiger partial charge in [-0.15, -0.1) is 0 Å². The molecular weight excluding hydrogens is 625 g/mol. The van der Waals surface area contributed by atoms with Gasteiger partial charge in [-0.25, -0.2) is 20.0 Å². The van der Waals surface area contributed by atoms with Crippen molar-refractivity contribution in [3.05, 3.63) is 170 Å². The van der Waals surface area contributed by atoms with Crippen LogP contribution < -0.4 is 10.0 Å². The molecule has 51 heavy (non-hydrogen) atoms.